The van der Waals surface area contributed by atoms with Crippen molar-refractivity contribution in [2.75, 3.05) is 11.8 Å². The van der Waals surface area contributed by atoms with E-state index >= 15 is 4.39 Å². The smallest absolute Gasteiger partial charge is 0.316 e. The molecule has 188 valence electrons. The summed E-state index contributed by atoms with van der Waals surface area (Å²) in [6, 6.07) is 8.36. The summed E-state index contributed by atoms with van der Waals surface area (Å²) >= 11 is 1.30. The third-order valence-corrected chi connectivity index (χ3v) is 7.92. The summed E-state index contributed by atoms with van der Waals surface area (Å²) in [6.07, 6.45) is 1.49. The van der Waals surface area contributed by atoms with Crippen molar-refractivity contribution in [3.05, 3.63) is 71.1 Å². The van der Waals surface area contributed by atoms with E-state index in [0.29, 0.717) is 15.6 Å². The van der Waals surface area contributed by atoms with Crippen molar-refractivity contribution in [2.45, 2.75) is 31.1 Å². The minimum absolute atomic E-state index is 0.0245. The molecule has 1 N–H and O–H groups in total. The number of nitrogens with one attached hydrogen (secondary N) is 1. The average molecular weight is 535 g/mol. The molecule has 0 aliphatic heterocycles. The van der Waals surface area contributed by atoms with Gasteiger partial charge in [0, 0.05) is 17.2 Å². The molecule has 2 aromatic carbocycles. The van der Waals surface area contributed by atoms with Crippen molar-refractivity contribution in [3.8, 4) is 27.8 Å². The van der Waals surface area contributed by atoms with Gasteiger partial charge in [-0.3, -0.25) is 4.72 Å². The second-order valence-corrected chi connectivity index (χ2v) is 11.3. The van der Waals surface area contributed by atoms with Crippen LogP contribution in [0.3, 0.4) is 0 Å². The van der Waals surface area contributed by atoms with Crippen LogP contribution in [0.15, 0.2) is 53.6 Å². The molecule has 4 rings (SSSR count). The minimum Gasteiger partial charge on any atom is -0.467 e. The molecule has 7 nitrogen and oxygen atoms in total. The molecule has 4 aromatic rings. The van der Waals surface area contributed by atoms with Crippen LogP contribution in [0.1, 0.15) is 25.8 Å². The fourth-order valence-corrected chi connectivity index (χ4v) is 5.60. The first kappa shape index (κ1) is 25.6. The first-order valence-electron chi connectivity index (χ1n) is 10.6. The number of benzene rings is 2. The molecule has 0 aliphatic carbocycles. The van der Waals surface area contributed by atoms with E-state index < -0.39 is 38.1 Å². The molecule has 0 bridgehead atoms. The Bertz CT molecular complexity index is 1530. The van der Waals surface area contributed by atoms with Gasteiger partial charge in [-0.05, 0) is 30.3 Å². The lowest BCUT2D eigenvalue weighted by Gasteiger charge is -2.14. The van der Waals surface area contributed by atoms with Gasteiger partial charge in [-0.2, -0.15) is 4.98 Å². The summed E-state index contributed by atoms with van der Waals surface area (Å²) in [5.41, 5.74) is -0.243. The largest absolute Gasteiger partial charge is 0.467 e. The average Bonchev–Trinajstić information content (AvgIpc) is 3.26. The van der Waals surface area contributed by atoms with E-state index in [9.17, 15) is 17.2 Å². The summed E-state index contributed by atoms with van der Waals surface area (Å²) in [7, 11) is -3.36. The van der Waals surface area contributed by atoms with Crippen LogP contribution in [0.4, 0.5) is 18.9 Å². The minimum atomic E-state index is -4.78. The van der Waals surface area contributed by atoms with Gasteiger partial charge in [0.2, 0.25) is 0 Å². The number of aromatic nitrogens is 3. The van der Waals surface area contributed by atoms with Gasteiger partial charge in [0.1, 0.15) is 11.6 Å². The molecular formula is C24H21F3N4O3S2. The Morgan fingerprint density at radius 2 is 1.64 bits per heavy atom. The van der Waals surface area contributed by atoms with Crippen molar-refractivity contribution < 1.29 is 26.3 Å². The quantitative estimate of drug-likeness (QED) is 0.337. The molecule has 0 atom stereocenters. The van der Waals surface area contributed by atoms with E-state index in [-0.39, 0.29) is 22.7 Å². The Morgan fingerprint density at radius 1 is 0.972 bits per heavy atom. The molecule has 36 heavy (non-hydrogen) atoms. The number of rotatable bonds is 6. The Morgan fingerprint density at radius 3 is 2.28 bits per heavy atom. The van der Waals surface area contributed by atoms with Gasteiger partial charge in [0.15, 0.2) is 10.7 Å². The Balaban J connectivity index is 1.85. The molecule has 0 unspecified atom stereocenters. The van der Waals surface area contributed by atoms with Gasteiger partial charge in [-0.15, -0.1) is 11.3 Å². The molecule has 0 saturated heterocycles. The predicted molar refractivity (Wildman–Crippen MR) is 131 cm³/mol. The summed E-state index contributed by atoms with van der Waals surface area (Å²) in [4.78, 5) is 12.3. The van der Waals surface area contributed by atoms with Gasteiger partial charge < -0.3 is 4.74 Å². The zero-order chi connectivity index (χ0) is 26.3. The van der Waals surface area contributed by atoms with E-state index in [1.54, 1.807) is 6.07 Å². The molecule has 0 fully saturated rings. The maximum Gasteiger partial charge on any atom is 0.316 e. The molecule has 0 saturated carbocycles. The van der Waals surface area contributed by atoms with Crippen LogP contribution >= 0.6 is 11.3 Å². The molecule has 12 heteroatoms. The van der Waals surface area contributed by atoms with Crippen LogP contribution in [0.2, 0.25) is 0 Å². The van der Waals surface area contributed by atoms with E-state index in [4.69, 9.17) is 4.74 Å². The number of hydrogen-bond donors (Lipinski definition) is 1. The van der Waals surface area contributed by atoms with E-state index in [1.165, 1.54) is 36.8 Å². The summed E-state index contributed by atoms with van der Waals surface area (Å²) in [6.45, 7) is 5.84. The molecule has 0 radical (unpaired) electrons. The third kappa shape index (κ3) is 4.91. The SMILES string of the molecule is COc1nccc(-c2sc(C(C)(C)C)nc2-c2cccc(NS(=O)(=O)c3c(F)cccc3F)c2F)n1. The number of halogens is 3. The highest BCUT2D eigenvalue weighted by molar-refractivity contribution is 7.92. The summed E-state index contributed by atoms with van der Waals surface area (Å²) < 4.78 is 76.5. The van der Waals surface area contributed by atoms with Crippen molar-refractivity contribution in [1.29, 1.82) is 0 Å². The highest BCUT2D eigenvalue weighted by atomic mass is 32.2. The topological polar surface area (TPSA) is 94.1 Å². The summed E-state index contributed by atoms with van der Waals surface area (Å²) in [5, 5.41) is 0.684. The first-order chi connectivity index (χ1) is 16.9. The fourth-order valence-electron chi connectivity index (χ4n) is 3.29. The Kier molecular flexibility index (Phi) is 6.76. The number of nitrogens with zero attached hydrogens (tertiary/aromatic N) is 3. The number of hydrogen-bond acceptors (Lipinski definition) is 7. The summed E-state index contributed by atoms with van der Waals surface area (Å²) in [5.74, 6) is -3.56. The van der Waals surface area contributed by atoms with Crippen LogP contribution < -0.4 is 9.46 Å². The number of thiazole rings is 1. The van der Waals surface area contributed by atoms with Crippen LogP contribution in [0, 0.1) is 17.5 Å². The predicted octanol–water partition coefficient (Wildman–Crippen LogP) is 5.79. The maximum atomic E-state index is 15.7. The van der Waals surface area contributed by atoms with Crippen molar-refractivity contribution in [3.63, 3.8) is 0 Å². The molecule has 0 amide bonds. The van der Waals surface area contributed by atoms with Gasteiger partial charge in [-0.25, -0.2) is 31.6 Å². The molecule has 2 heterocycles. The van der Waals surface area contributed by atoms with Gasteiger partial charge in [0.05, 0.1) is 34.1 Å². The van der Waals surface area contributed by atoms with Gasteiger partial charge in [-0.1, -0.05) is 32.9 Å². The first-order valence-corrected chi connectivity index (χ1v) is 12.9. The van der Waals surface area contributed by atoms with E-state index in [1.807, 2.05) is 25.5 Å². The molecule has 2 aromatic heterocycles. The lowest BCUT2D eigenvalue weighted by atomic mass is 9.98. The van der Waals surface area contributed by atoms with Gasteiger partial charge >= 0.3 is 6.01 Å². The van der Waals surface area contributed by atoms with Gasteiger partial charge in [0.25, 0.3) is 10.0 Å². The molecular weight excluding hydrogens is 513 g/mol. The second-order valence-electron chi connectivity index (χ2n) is 8.70. The number of ether oxygens (including phenoxy) is 1. The van der Waals surface area contributed by atoms with Crippen LogP contribution in [-0.4, -0.2) is 30.5 Å². The third-order valence-electron chi connectivity index (χ3n) is 5.00. The van der Waals surface area contributed by atoms with Crippen LogP contribution in [0.5, 0.6) is 6.01 Å². The molecule has 0 aliphatic rings. The zero-order valence-electron chi connectivity index (χ0n) is 19.6. The normalized spacial score (nSPS) is 12.0. The lowest BCUT2D eigenvalue weighted by molar-refractivity contribution is 0.380. The van der Waals surface area contributed by atoms with E-state index in [0.717, 1.165) is 24.3 Å². The number of anilines is 1. The highest BCUT2D eigenvalue weighted by Crippen LogP contribution is 2.42. The highest BCUT2D eigenvalue weighted by Gasteiger charge is 2.28. The number of sulfonamides is 1. The number of methoxy groups -OCH3 is 1. The lowest BCUT2D eigenvalue weighted by Crippen LogP contribution is -2.17. The fraction of sp³-hybridized carbons (Fsp3) is 0.208. The second kappa shape index (κ2) is 9.51. The standard InChI is InChI=1S/C24H21F3N4O3S2/c1-24(2,3)22-30-19(20(35-22)17-11-12-28-23(29-17)34-4)13-7-5-10-16(18(13)27)31-36(32,33)21-14(25)8-6-9-15(21)26/h5-12,31H,1-4H3. The monoisotopic (exact) mass is 534 g/mol. The van der Waals surface area contributed by atoms with Crippen molar-refractivity contribution in [2.24, 2.45) is 0 Å². The Labute approximate surface area is 210 Å². The van der Waals surface area contributed by atoms with Crippen molar-refractivity contribution in [1.82, 2.24) is 15.0 Å². The van der Waals surface area contributed by atoms with Crippen LogP contribution in [-0.2, 0) is 15.4 Å². The molecule has 0 spiro atoms. The van der Waals surface area contributed by atoms with Crippen molar-refractivity contribution >= 4 is 27.0 Å². The van der Waals surface area contributed by atoms with Crippen LogP contribution in [0.25, 0.3) is 21.8 Å². The van der Waals surface area contributed by atoms with E-state index in [2.05, 4.69) is 15.0 Å². The zero-order valence-corrected chi connectivity index (χ0v) is 21.3. The Hall–Kier alpha value is -3.51. The maximum absolute atomic E-state index is 15.7.